The van der Waals surface area contributed by atoms with E-state index < -0.39 is 0 Å². The molecule has 1 N–H and O–H groups in total. The van der Waals surface area contributed by atoms with Crippen molar-refractivity contribution in [2.75, 3.05) is 19.6 Å². The molecule has 1 fully saturated rings. The Kier molecular flexibility index (Phi) is 6.10. The zero-order chi connectivity index (χ0) is 22.9. The van der Waals surface area contributed by atoms with Crippen molar-refractivity contribution < 1.29 is 14.0 Å². The van der Waals surface area contributed by atoms with Crippen molar-refractivity contribution in [3.05, 3.63) is 47.4 Å². The van der Waals surface area contributed by atoms with Gasteiger partial charge in [-0.25, -0.2) is 9.37 Å². The lowest BCUT2D eigenvalue weighted by atomic mass is 10.0. The number of thiazole rings is 1. The van der Waals surface area contributed by atoms with Gasteiger partial charge in [-0.15, -0.1) is 11.3 Å². The van der Waals surface area contributed by atoms with Gasteiger partial charge in [0.1, 0.15) is 10.8 Å². The maximum Gasteiger partial charge on any atom is 0.228 e. The Morgan fingerprint density at radius 1 is 1.22 bits per heavy atom. The number of halogens is 1. The summed E-state index contributed by atoms with van der Waals surface area (Å²) in [6.45, 7) is 7.58. The Morgan fingerprint density at radius 3 is 2.69 bits per heavy atom. The molecule has 0 bridgehead atoms. The molecule has 1 saturated heterocycles. The number of benzene rings is 1. The SMILES string of the molecule is CC(C)(C)n1ncc(-c2nc(CC(=O)N3CCNC(=O)CC3)cs2)c1-c1ccc(F)cc1. The predicted octanol–water partition coefficient (Wildman–Crippen LogP) is 3.46. The van der Waals surface area contributed by atoms with Crippen LogP contribution in [0.25, 0.3) is 21.8 Å². The minimum absolute atomic E-state index is 0.0274. The third-order valence-electron chi connectivity index (χ3n) is 5.30. The van der Waals surface area contributed by atoms with Crippen molar-refractivity contribution in [1.82, 2.24) is 25.0 Å². The first-order valence-electron chi connectivity index (χ1n) is 10.6. The molecular formula is C23H26FN5O2S. The molecule has 2 amide bonds. The molecule has 7 nitrogen and oxygen atoms in total. The lowest BCUT2D eigenvalue weighted by molar-refractivity contribution is -0.130. The summed E-state index contributed by atoms with van der Waals surface area (Å²) in [7, 11) is 0. The van der Waals surface area contributed by atoms with Gasteiger partial charge in [0, 0.05) is 37.0 Å². The molecule has 1 aliphatic rings. The molecule has 0 radical (unpaired) electrons. The molecule has 168 valence electrons. The van der Waals surface area contributed by atoms with Gasteiger partial charge in [0.05, 0.1) is 35.1 Å². The Bertz CT molecular complexity index is 1130. The van der Waals surface area contributed by atoms with Crippen LogP contribution in [-0.4, -0.2) is 51.1 Å². The van der Waals surface area contributed by atoms with E-state index in [1.807, 2.05) is 10.1 Å². The van der Waals surface area contributed by atoms with Gasteiger partial charge in [-0.1, -0.05) is 0 Å². The highest BCUT2D eigenvalue weighted by atomic mass is 32.1. The molecule has 4 rings (SSSR count). The summed E-state index contributed by atoms with van der Waals surface area (Å²) in [4.78, 5) is 30.7. The number of amides is 2. The number of carbonyl (C=O) groups is 2. The van der Waals surface area contributed by atoms with Crippen molar-refractivity contribution in [2.24, 2.45) is 0 Å². The molecule has 9 heteroatoms. The number of hydrogen-bond acceptors (Lipinski definition) is 5. The van der Waals surface area contributed by atoms with Crippen molar-refractivity contribution in [3.63, 3.8) is 0 Å². The van der Waals surface area contributed by atoms with Gasteiger partial charge in [-0.3, -0.25) is 14.3 Å². The normalized spacial score (nSPS) is 14.9. The van der Waals surface area contributed by atoms with Gasteiger partial charge in [0.25, 0.3) is 0 Å². The Morgan fingerprint density at radius 2 is 1.97 bits per heavy atom. The van der Waals surface area contributed by atoms with Crippen LogP contribution in [-0.2, 0) is 21.5 Å². The second-order valence-corrected chi connectivity index (χ2v) is 9.66. The summed E-state index contributed by atoms with van der Waals surface area (Å²) in [5, 5.41) is 10.0. The van der Waals surface area contributed by atoms with Crippen LogP contribution in [0.15, 0.2) is 35.8 Å². The minimum Gasteiger partial charge on any atom is -0.354 e. The number of nitrogens with one attached hydrogen (secondary N) is 1. The molecule has 0 saturated carbocycles. The number of carbonyl (C=O) groups excluding carboxylic acids is 2. The van der Waals surface area contributed by atoms with E-state index in [4.69, 9.17) is 4.98 Å². The molecule has 2 aromatic heterocycles. The third kappa shape index (κ3) is 4.72. The minimum atomic E-state index is -0.294. The van der Waals surface area contributed by atoms with Gasteiger partial charge >= 0.3 is 0 Å². The Labute approximate surface area is 190 Å². The molecule has 3 heterocycles. The van der Waals surface area contributed by atoms with Crippen LogP contribution in [0, 0.1) is 5.82 Å². The second-order valence-electron chi connectivity index (χ2n) is 8.80. The number of hydrogen-bond donors (Lipinski definition) is 1. The van der Waals surface area contributed by atoms with Crippen LogP contribution in [0.5, 0.6) is 0 Å². The fourth-order valence-corrected chi connectivity index (χ4v) is 4.52. The molecule has 1 aliphatic heterocycles. The van der Waals surface area contributed by atoms with Crippen LogP contribution in [0.4, 0.5) is 4.39 Å². The number of rotatable bonds is 4. The summed E-state index contributed by atoms with van der Waals surface area (Å²) in [5.74, 6) is -0.361. The lowest BCUT2D eigenvalue weighted by Gasteiger charge is -2.23. The molecule has 3 aromatic rings. The smallest absolute Gasteiger partial charge is 0.228 e. The monoisotopic (exact) mass is 455 g/mol. The van der Waals surface area contributed by atoms with Gasteiger partial charge in [-0.2, -0.15) is 5.10 Å². The van der Waals surface area contributed by atoms with Gasteiger partial charge in [-0.05, 0) is 45.0 Å². The molecule has 0 unspecified atom stereocenters. The highest BCUT2D eigenvalue weighted by Gasteiger charge is 2.25. The van der Waals surface area contributed by atoms with Gasteiger partial charge in [0.15, 0.2) is 0 Å². The highest BCUT2D eigenvalue weighted by Crippen LogP contribution is 2.36. The highest BCUT2D eigenvalue weighted by molar-refractivity contribution is 7.13. The summed E-state index contributed by atoms with van der Waals surface area (Å²) < 4.78 is 15.4. The quantitative estimate of drug-likeness (QED) is 0.653. The number of aromatic nitrogens is 3. The van der Waals surface area contributed by atoms with Crippen LogP contribution in [0.1, 0.15) is 32.9 Å². The van der Waals surface area contributed by atoms with E-state index in [0.717, 1.165) is 21.8 Å². The maximum atomic E-state index is 13.5. The van der Waals surface area contributed by atoms with E-state index >= 15 is 0 Å². The number of nitrogens with zero attached hydrogens (tertiary/aromatic N) is 4. The zero-order valence-electron chi connectivity index (χ0n) is 18.4. The summed E-state index contributed by atoms with van der Waals surface area (Å²) >= 11 is 1.46. The van der Waals surface area contributed by atoms with E-state index in [-0.39, 0.29) is 29.6 Å². The average molecular weight is 456 g/mol. The average Bonchev–Trinajstić information content (AvgIpc) is 3.32. The second kappa shape index (κ2) is 8.82. The van der Waals surface area contributed by atoms with Crippen LogP contribution >= 0.6 is 11.3 Å². The van der Waals surface area contributed by atoms with E-state index in [2.05, 4.69) is 31.2 Å². The predicted molar refractivity (Wildman–Crippen MR) is 122 cm³/mol. The van der Waals surface area contributed by atoms with E-state index in [9.17, 15) is 14.0 Å². The fraction of sp³-hybridized carbons (Fsp3) is 0.391. The molecule has 0 atom stereocenters. The largest absolute Gasteiger partial charge is 0.354 e. The van der Waals surface area contributed by atoms with Crippen molar-refractivity contribution >= 4 is 23.2 Å². The maximum absolute atomic E-state index is 13.5. The van der Waals surface area contributed by atoms with Crippen molar-refractivity contribution in [1.29, 1.82) is 0 Å². The topological polar surface area (TPSA) is 80.1 Å². The lowest BCUT2D eigenvalue weighted by Crippen LogP contribution is -2.35. The van der Waals surface area contributed by atoms with Crippen LogP contribution in [0.3, 0.4) is 0 Å². The van der Waals surface area contributed by atoms with Crippen LogP contribution in [0.2, 0.25) is 0 Å². The Balaban J connectivity index is 1.61. The molecular weight excluding hydrogens is 429 g/mol. The summed E-state index contributed by atoms with van der Waals surface area (Å²) in [6.07, 6.45) is 2.28. The first kappa shape index (κ1) is 22.1. The summed E-state index contributed by atoms with van der Waals surface area (Å²) in [5.41, 5.74) is 2.97. The molecule has 0 spiro atoms. The first-order chi connectivity index (χ1) is 15.2. The zero-order valence-corrected chi connectivity index (χ0v) is 19.2. The van der Waals surface area contributed by atoms with Crippen molar-refractivity contribution in [2.45, 2.75) is 39.2 Å². The standard InChI is InChI=1S/C23H26FN5O2S/c1-23(2,3)29-21(15-4-6-16(24)7-5-15)18(13-26-29)22-27-17(14-32-22)12-20(31)28-10-8-19(30)25-9-11-28/h4-7,13-14H,8-12H2,1-3H3,(H,25,30). The van der Waals surface area contributed by atoms with Gasteiger partial charge in [0.2, 0.25) is 11.8 Å². The Hall–Kier alpha value is -3.07. The van der Waals surface area contributed by atoms with E-state index in [1.165, 1.54) is 23.5 Å². The molecule has 1 aromatic carbocycles. The van der Waals surface area contributed by atoms with E-state index in [0.29, 0.717) is 31.7 Å². The first-order valence-corrected chi connectivity index (χ1v) is 11.4. The van der Waals surface area contributed by atoms with Gasteiger partial charge < -0.3 is 10.2 Å². The van der Waals surface area contributed by atoms with Crippen LogP contribution < -0.4 is 5.32 Å². The molecule has 32 heavy (non-hydrogen) atoms. The van der Waals surface area contributed by atoms with E-state index in [1.54, 1.807) is 23.2 Å². The molecule has 0 aliphatic carbocycles. The van der Waals surface area contributed by atoms with Crippen molar-refractivity contribution in [3.8, 4) is 21.8 Å². The summed E-state index contributed by atoms with van der Waals surface area (Å²) in [6, 6.07) is 6.35. The fourth-order valence-electron chi connectivity index (χ4n) is 3.69. The third-order valence-corrected chi connectivity index (χ3v) is 6.23.